The SMILES string of the molecule is COC1(CNC(C)c2ccc(Br)cc2Br)CCC1. The molecule has 0 spiro atoms. The van der Waals surface area contributed by atoms with Crippen molar-refractivity contribution in [3.63, 3.8) is 0 Å². The Kier molecular flexibility index (Phi) is 4.86. The van der Waals surface area contributed by atoms with E-state index in [9.17, 15) is 0 Å². The summed E-state index contributed by atoms with van der Waals surface area (Å²) in [5, 5.41) is 3.58. The van der Waals surface area contributed by atoms with Crippen molar-refractivity contribution in [3.05, 3.63) is 32.7 Å². The minimum absolute atomic E-state index is 0.0795. The lowest BCUT2D eigenvalue weighted by molar-refractivity contribution is -0.0706. The maximum absolute atomic E-state index is 5.63. The number of benzene rings is 1. The van der Waals surface area contributed by atoms with Gasteiger partial charge in [-0.3, -0.25) is 0 Å². The molecule has 100 valence electrons. The summed E-state index contributed by atoms with van der Waals surface area (Å²) in [4.78, 5) is 0. The number of nitrogens with one attached hydrogen (secondary N) is 1. The van der Waals surface area contributed by atoms with E-state index in [0.717, 1.165) is 15.5 Å². The molecule has 0 amide bonds. The number of halogens is 2. The van der Waals surface area contributed by atoms with E-state index in [2.05, 4.69) is 62.3 Å². The summed E-state index contributed by atoms with van der Waals surface area (Å²) in [5.74, 6) is 0. The van der Waals surface area contributed by atoms with Gasteiger partial charge in [-0.05, 0) is 43.9 Å². The minimum Gasteiger partial charge on any atom is -0.377 e. The molecule has 0 heterocycles. The first-order valence-electron chi connectivity index (χ1n) is 6.30. The van der Waals surface area contributed by atoms with Crippen molar-refractivity contribution in [1.82, 2.24) is 5.32 Å². The second kappa shape index (κ2) is 6.04. The Labute approximate surface area is 126 Å². The number of hydrogen-bond acceptors (Lipinski definition) is 2. The van der Waals surface area contributed by atoms with Crippen LogP contribution in [0.5, 0.6) is 0 Å². The average Bonchev–Trinajstić information content (AvgIpc) is 2.27. The van der Waals surface area contributed by atoms with Crippen LogP contribution in [0.15, 0.2) is 27.1 Å². The molecule has 1 aliphatic rings. The molecule has 1 N–H and O–H groups in total. The quantitative estimate of drug-likeness (QED) is 0.820. The Morgan fingerprint density at radius 3 is 2.61 bits per heavy atom. The standard InChI is InChI=1S/C14H19Br2NO/c1-10(12-5-4-11(15)8-13(12)16)17-9-14(18-2)6-3-7-14/h4-5,8,10,17H,3,6-7,9H2,1-2H3. The number of rotatable bonds is 5. The van der Waals surface area contributed by atoms with E-state index in [1.165, 1.54) is 24.8 Å². The highest BCUT2D eigenvalue weighted by molar-refractivity contribution is 9.11. The van der Waals surface area contributed by atoms with Gasteiger partial charge in [-0.2, -0.15) is 0 Å². The molecule has 2 nitrogen and oxygen atoms in total. The third-order valence-corrected chi connectivity index (χ3v) is 5.04. The molecular formula is C14H19Br2NO. The Morgan fingerprint density at radius 1 is 1.39 bits per heavy atom. The first-order chi connectivity index (χ1) is 8.56. The number of methoxy groups -OCH3 is 1. The summed E-state index contributed by atoms with van der Waals surface area (Å²) in [6.45, 7) is 3.11. The van der Waals surface area contributed by atoms with Gasteiger partial charge in [0.15, 0.2) is 0 Å². The third kappa shape index (κ3) is 3.16. The zero-order valence-corrected chi connectivity index (χ0v) is 14.0. The Hall–Kier alpha value is 0.1000. The molecule has 1 unspecified atom stereocenters. The largest absolute Gasteiger partial charge is 0.377 e. The summed E-state index contributed by atoms with van der Waals surface area (Å²) in [5.41, 5.74) is 1.36. The van der Waals surface area contributed by atoms with Gasteiger partial charge in [0.05, 0.1) is 5.60 Å². The molecule has 1 saturated carbocycles. The molecule has 2 rings (SSSR count). The van der Waals surface area contributed by atoms with Crippen LogP contribution in [0, 0.1) is 0 Å². The van der Waals surface area contributed by atoms with E-state index in [-0.39, 0.29) is 5.60 Å². The van der Waals surface area contributed by atoms with Crippen molar-refractivity contribution in [3.8, 4) is 0 Å². The molecular weight excluding hydrogens is 358 g/mol. The highest BCUT2D eigenvalue weighted by atomic mass is 79.9. The van der Waals surface area contributed by atoms with Gasteiger partial charge in [-0.1, -0.05) is 37.9 Å². The van der Waals surface area contributed by atoms with Gasteiger partial charge in [0.1, 0.15) is 0 Å². The summed E-state index contributed by atoms with van der Waals surface area (Å²) in [6, 6.07) is 6.63. The zero-order valence-electron chi connectivity index (χ0n) is 10.8. The molecule has 0 aromatic heterocycles. The first kappa shape index (κ1) is 14.5. The van der Waals surface area contributed by atoms with Crippen molar-refractivity contribution in [2.45, 2.75) is 37.8 Å². The van der Waals surface area contributed by atoms with Gasteiger partial charge in [-0.15, -0.1) is 0 Å². The van der Waals surface area contributed by atoms with Crippen LogP contribution in [0.3, 0.4) is 0 Å². The minimum atomic E-state index is 0.0795. The third-order valence-electron chi connectivity index (χ3n) is 3.86. The highest BCUT2D eigenvalue weighted by Crippen LogP contribution is 2.35. The molecule has 1 aromatic rings. The second-order valence-corrected chi connectivity index (χ2v) is 6.78. The van der Waals surface area contributed by atoms with E-state index in [4.69, 9.17) is 4.74 Å². The summed E-state index contributed by atoms with van der Waals surface area (Å²) in [6.07, 6.45) is 3.63. The van der Waals surface area contributed by atoms with E-state index in [0.29, 0.717) is 6.04 Å². The summed E-state index contributed by atoms with van der Waals surface area (Å²) in [7, 11) is 1.82. The van der Waals surface area contributed by atoms with E-state index in [1.807, 2.05) is 7.11 Å². The lowest BCUT2D eigenvalue weighted by atomic mass is 9.80. The topological polar surface area (TPSA) is 21.3 Å². The molecule has 0 bridgehead atoms. The van der Waals surface area contributed by atoms with Crippen LogP contribution in [0.25, 0.3) is 0 Å². The summed E-state index contributed by atoms with van der Waals surface area (Å²) < 4.78 is 7.86. The lowest BCUT2D eigenvalue weighted by Gasteiger charge is -2.41. The molecule has 1 fully saturated rings. The van der Waals surface area contributed by atoms with Gasteiger partial charge < -0.3 is 10.1 Å². The van der Waals surface area contributed by atoms with E-state index >= 15 is 0 Å². The highest BCUT2D eigenvalue weighted by Gasteiger charge is 2.36. The van der Waals surface area contributed by atoms with Crippen molar-refractivity contribution >= 4 is 31.9 Å². The molecule has 4 heteroatoms. The van der Waals surface area contributed by atoms with Crippen LogP contribution in [0.1, 0.15) is 37.8 Å². The predicted molar refractivity (Wildman–Crippen MR) is 81.9 cm³/mol. The first-order valence-corrected chi connectivity index (χ1v) is 7.88. The van der Waals surface area contributed by atoms with E-state index in [1.54, 1.807) is 0 Å². The van der Waals surface area contributed by atoms with Crippen LogP contribution < -0.4 is 5.32 Å². The predicted octanol–water partition coefficient (Wildman–Crippen LogP) is 4.43. The molecule has 0 saturated heterocycles. The average molecular weight is 377 g/mol. The van der Waals surface area contributed by atoms with Crippen molar-refractivity contribution < 1.29 is 4.74 Å². The van der Waals surface area contributed by atoms with Gasteiger partial charge in [0, 0.05) is 28.6 Å². The fourth-order valence-electron chi connectivity index (χ4n) is 2.33. The zero-order chi connectivity index (χ0) is 13.2. The van der Waals surface area contributed by atoms with Gasteiger partial charge in [0.25, 0.3) is 0 Å². The fraction of sp³-hybridized carbons (Fsp3) is 0.571. The molecule has 0 aliphatic heterocycles. The Balaban J connectivity index is 1.97. The molecule has 1 atom stereocenters. The molecule has 18 heavy (non-hydrogen) atoms. The van der Waals surface area contributed by atoms with Gasteiger partial charge in [-0.25, -0.2) is 0 Å². The van der Waals surface area contributed by atoms with Crippen LogP contribution in [-0.4, -0.2) is 19.3 Å². The molecule has 1 aliphatic carbocycles. The number of ether oxygens (including phenoxy) is 1. The monoisotopic (exact) mass is 375 g/mol. The van der Waals surface area contributed by atoms with Crippen molar-refractivity contribution in [2.24, 2.45) is 0 Å². The van der Waals surface area contributed by atoms with Crippen molar-refractivity contribution in [2.75, 3.05) is 13.7 Å². The Bertz CT molecular complexity index is 413. The molecule has 0 radical (unpaired) electrons. The lowest BCUT2D eigenvalue weighted by Crippen LogP contribution is -2.48. The maximum atomic E-state index is 5.63. The maximum Gasteiger partial charge on any atom is 0.0802 e. The van der Waals surface area contributed by atoms with Gasteiger partial charge >= 0.3 is 0 Å². The smallest absolute Gasteiger partial charge is 0.0802 e. The fourth-order valence-corrected chi connectivity index (χ4v) is 3.72. The van der Waals surface area contributed by atoms with Crippen LogP contribution >= 0.6 is 31.9 Å². The van der Waals surface area contributed by atoms with Crippen molar-refractivity contribution in [1.29, 1.82) is 0 Å². The molecule has 1 aromatic carbocycles. The van der Waals surface area contributed by atoms with Crippen LogP contribution in [0.2, 0.25) is 0 Å². The Morgan fingerprint density at radius 2 is 2.11 bits per heavy atom. The normalized spacial score (nSPS) is 19.3. The van der Waals surface area contributed by atoms with E-state index < -0.39 is 0 Å². The van der Waals surface area contributed by atoms with Crippen LogP contribution in [0.4, 0.5) is 0 Å². The summed E-state index contributed by atoms with van der Waals surface area (Å²) >= 11 is 7.09. The van der Waals surface area contributed by atoms with Crippen LogP contribution in [-0.2, 0) is 4.74 Å². The van der Waals surface area contributed by atoms with Gasteiger partial charge in [0.2, 0.25) is 0 Å². The number of hydrogen-bond donors (Lipinski definition) is 1. The second-order valence-electron chi connectivity index (χ2n) is 5.01.